The van der Waals surface area contributed by atoms with Crippen LogP contribution < -0.4 is 10.2 Å². The van der Waals surface area contributed by atoms with Crippen LogP contribution in [0.5, 0.6) is 0 Å². The van der Waals surface area contributed by atoms with Crippen molar-refractivity contribution in [2.45, 2.75) is 6.42 Å². The van der Waals surface area contributed by atoms with E-state index >= 15 is 0 Å². The molecule has 0 atom stereocenters. The summed E-state index contributed by atoms with van der Waals surface area (Å²) in [5, 5.41) is 2.85. The van der Waals surface area contributed by atoms with Crippen molar-refractivity contribution in [1.82, 2.24) is 5.32 Å². The molecule has 0 aliphatic heterocycles. The molecule has 4 heteroatoms. The second-order valence-electron chi connectivity index (χ2n) is 4.04. The third kappa shape index (κ3) is 4.44. The van der Waals surface area contributed by atoms with Gasteiger partial charge in [0.1, 0.15) is 0 Å². The number of methoxy groups -OCH3 is 1. The Labute approximate surface area is 103 Å². The molecule has 0 spiro atoms. The number of carbonyl (C=O) groups is 1. The lowest BCUT2D eigenvalue weighted by Crippen LogP contribution is -2.25. The molecule has 0 heterocycles. The third-order valence-electron chi connectivity index (χ3n) is 2.46. The summed E-state index contributed by atoms with van der Waals surface area (Å²) in [5.41, 5.74) is 1.77. The van der Waals surface area contributed by atoms with Crippen LogP contribution in [0.15, 0.2) is 24.3 Å². The van der Waals surface area contributed by atoms with E-state index in [-0.39, 0.29) is 5.91 Å². The van der Waals surface area contributed by atoms with Crippen LogP contribution in [0, 0.1) is 0 Å². The molecule has 0 unspecified atom stereocenters. The van der Waals surface area contributed by atoms with E-state index in [4.69, 9.17) is 4.74 Å². The van der Waals surface area contributed by atoms with Gasteiger partial charge < -0.3 is 15.0 Å². The summed E-state index contributed by atoms with van der Waals surface area (Å²) in [6.07, 6.45) is 0.831. The first kappa shape index (κ1) is 13.5. The van der Waals surface area contributed by atoms with Gasteiger partial charge in [-0.25, -0.2) is 0 Å². The summed E-state index contributed by atoms with van der Waals surface area (Å²) < 4.78 is 4.91. The Morgan fingerprint density at radius 3 is 2.47 bits per heavy atom. The third-order valence-corrected chi connectivity index (χ3v) is 2.46. The fraction of sp³-hybridized carbons (Fsp3) is 0.462. The lowest BCUT2D eigenvalue weighted by Gasteiger charge is -2.12. The number of amides is 1. The Morgan fingerprint density at radius 1 is 1.29 bits per heavy atom. The summed E-state index contributed by atoms with van der Waals surface area (Å²) in [6.45, 7) is 1.31. The van der Waals surface area contributed by atoms with Crippen LogP contribution >= 0.6 is 0 Å². The molecular formula is C13H20N2O2. The molecule has 94 valence electrons. The number of nitrogens with zero attached hydrogens (tertiary/aromatic N) is 1. The van der Waals surface area contributed by atoms with Crippen LogP contribution in [0.3, 0.4) is 0 Å². The average molecular weight is 236 g/mol. The van der Waals surface area contributed by atoms with Crippen molar-refractivity contribution in [2.75, 3.05) is 39.3 Å². The van der Waals surface area contributed by atoms with Crippen LogP contribution in [-0.4, -0.2) is 40.3 Å². The van der Waals surface area contributed by atoms with Gasteiger partial charge in [-0.2, -0.15) is 0 Å². The molecule has 0 saturated heterocycles. The number of anilines is 1. The maximum Gasteiger partial charge on any atom is 0.251 e. The van der Waals surface area contributed by atoms with Crippen molar-refractivity contribution in [3.05, 3.63) is 29.8 Å². The Morgan fingerprint density at radius 2 is 1.94 bits per heavy atom. The van der Waals surface area contributed by atoms with Crippen molar-refractivity contribution in [3.8, 4) is 0 Å². The second-order valence-corrected chi connectivity index (χ2v) is 4.04. The van der Waals surface area contributed by atoms with Gasteiger partial charge in [0.15, 0.2) is 0 Å². The number of hydrogen-bond donors (Lipinski definition) is 1. The minimum atomic E-state index is -0.0357. The predicted molar refractivity (Wildman–Crippen MR) is 69.6 cm³/mol. The number of rotatable bonds is 6. The first-order valence-corrected chi connectivity index (χ1v) is 5.69. The maximum absolute atomic E-state index is 11.7. The molecular weight excluding hydrogens is 216 g/mol. The zero-order valence-electron chi connectivity index (χ0n) is 10.7. The minimum absolute atomic E-state index is 0.0357. The van der Waals surface area contributed by atoms with Crippen LogP contribution in [0.4, 0.5) is 5.69 Å². The SMILES string of the molecule is COCCCNC(=O)c1ccc(N(C)C)cc1. The van der Waals surface area contributed by atoms with E-state index in [1.54, 1.807) is 7.11 Å². The van der Waals surface area contributed by atoms with Crippen molar-refractivity contribution in [1.29, 1.82) is 0 Å². The lowest BCUT2D eigenvalue weighted by atomic mass is 10.2. The molecule has 0 aromatic heterocycles. The Balaban J connectivity index is 2.46. The van der Waals surface area contributed by atoms with Gasteiger partial charge in [-0.1, -0.05) is 0 Å². The summed E-state index contributed by atoms with van der Waals surface area (Å²) in [7, 11) is 5.60. The Bertz CT molecular complexity index is 347. The smallest absolute Gasteiger partial charge is 0.251 e. The van der Waals surface area contributed by atoms with Crippen LogP contribution in [0.1, 0.15) is 16.8 Å². The van der Waals surface area contributed by atoms with E-state index in [1.807, 2.05) is 43.3 Å². The Kier molecular flexibility index (Phi) is 5.49. The normalized spacial score (nSPS) is 10.1. The summed E-state index contributed by atoms with van der Waals surface area (Å²) in [6, 6.07) is 7.54. The predicted octanol–water partition coefficient (Wildman–Crippen LogP) is 1.52. The standard InChI is InChI=1S/C13H20N2O2/c1-15(2)12-7-5-11(6-8-12)13(16)14-9-4-10-17-3/h5-8H,4,9-10H2,1-3H3,(H,14,16). The first-order chi connectivity index (χ1) is 8.15. The van der Waals surface area contributed by atoms with Gasteiger partial charge in [0.05, 0.1) is 0 Å². The van der Waals surface area contributed by atoms with E-state index in [0.29, 0.717) is 18.7 Å². The van der Waals surface area contributed by atoms with Crippen molar-refractivity contribution in [3.63, 3.8) is 0 Å². The molecule has 4 nitrogen and oxygen atoms in total. The second kappa shape index (κ2) is 6.91. The van der Waals surface area contributed by atoms with E-state index < -0.39 is 0 Å². The van der Waals surface area contributed by atoms with Gasteiger partial charge in [-0.15, -0.1) is 0 Å². The number of hydrogen-bond acceptors (Lipinski definition) is 3. The highest BCUT2D eigenvalue weighted by atomic mass is 16.5. The van der Waals surface area contributed by atoms with Gasteiger partial charge in [-0.05, 0) is 30.7 Å². The van der Waals surface area contributed by atoms with Gasteiger partial charge >= 0.3 is 0 Å². The largest absolute Gasteiger partial charge is 0.385 e. The molecule has 0 radical (unpaired) electrons. The number of benzene rings is 1. The van der Waals surface area contributed by atoms with Gasteiger partial charge in [0, 0.05) is 45.6 Å². The molecule has 0 aliphatic rings. The number of ether oxygens (including phenoxy) is 1. The molecule has 1 aromatic rings. The Hall–Kier alpha value is -1.55. The zero-order valence-corrected chi connectivity index (χ0v) is 10.7. The summed E-state index contributed by atoms with van der Waals surface area (Å²) in [4.78, 5) is 13.7. The van der Waals surface area contributed by atoms with E-state index in [9.17, 15) is 4.79 Å². The van der Waals surface area contributed by atoms with Crippen LogP contribution in [-0.2, 0) is 4.74 Å². The highest BCUT2D eigenvalue weighted by Crippen LogP contribution is 2.11. The molecule has 0 saturated carbocycles. The van der Waals surface area contributed by atoms with Crippen molar-refractivity contribution >= 4 is 11.6 Å². The minimum Gasteiger partial charge on any atom is -0.385 e. The quantitative estimate of drug-likeness (QED) is 0.761. The highest BCUT2D eigenvalue weighted by Gasteiger charge is 2.04. The van der Waals surface area contributed by atoms with E-state index in [0.717, 1.165) is 12.1 Å². The van der Waals surface area contributed by atoms with E-state index in [2.05, 4.69) is 5.32 Å². The first-order valence-electron chi connectivity index (χ1n) is 5.69. The van der Waals surface area contributed by atoms with Gasteiger partial charge in [-0.3, -0.25) is 4.79 Å². The molecule has 1 amide bonds. The monoisotopic (exact) mass is 236 g/mol. The zero-order chi connectivity index (χ0) is 12.7. The highest BCUT2D eigenvalue weighted by molar-refractivity contribution is 5.94. The molecule has 0 aliphatic carbocycles. The van der Waals surface area contributed by atoms with Gasteiger partial charge in [0.25, 0.3) is 5.91 Å². The number of carbonyl (C=O) groups excluding carboxylic acids is 1. The molecule has 17 heavy (non-hydrogen) atoms. The molecule has 1 aromatic carbocycles. The molecule has 0 bridgehead atoms. The molecule has 0 fully saturated rings. The van der Waals surface area contributed by atoms with Gasteiger partial charge in [0.2, 0.25) is 0 Å². The summed E-state index contributed by atoms with van der Waals surface area (Å²) in [5.74, 6) is -0.0357. The summed E-state index contributed by atoms with van der Waals surface area (Å²) >= 11 is 0. The van der Waals surface area contributed by atoms with Crippen molar-refractivity contribution in [2.24, 2.45) is 0 Å². The molecule has 1 rings (SSSR count). The number of nitrogens with one attached hydrogen (secondary N) is 1. The van der Waals surface area contributed by atoms with Crippen molar-refractivity contribution < 1.29 is 9.53 Å². The van der Waals surface area contributed by atoms with Crippen LogP contribution in [0.2, 0.25) is 0 Å². The topological polar surface area (TPSA) is 41.6 Å². The maximum atomic E-state index is 11.7. The lowest BCUT2D eigenvalue weighted by molar-refractivity contribution is 0.0948. The molecule has 1 N–H and O–H groups in total. The fourth-order valence-corrected chi connectivity index (χ4v) is 1.43. The average Bonchev–Trinajstić information content (AvgIpc) is 2.34. The van der Waals surface area contributed by atoms with E-state index in [1.165, 1.54) is 0 Å². The van der Waals surface area contributed by atoms with Crippen LogP contribution in [0.25, 0.3) is 0 Å². The fourth-order valence-electron chi connectivity index (χ4n) is 1.43.